The minimum atomic E-state index is -0.977. The molecule has 0 atom stereocenters. The van der Waals surface area contributed by atoms with Crippen molar-refractivity contribution in [3.8, 4) is 0 Å². The molecule has 1 aromatic rings. The highest BCUT2D eigenvalue weighted by molar-refractivity contribution is 8.13. The van der Waals surface area contributed by atoms with Gasteiger partial charge in [0.15, 0.2) is 5.12 Å². The highest BCUT2D eigenvalue weighted by Gasteiger charge is 2.01. The van der Waals surface area contributed by atoms with Crippen LogP contribution in [0.3, 0.4) is 0 Å². The number of pyridine rings is 1. The Hall–Kier alpha value is -1.62. The van der Waals surface area contributed by atoms with Gasteiger partial charge in [0, 0.05) is 18.9 Å². The van der Waals surface area contributed by atoms with Gasteiger partial charge in [-0.25, -0.2) is 4.79 Å². The summed E-state index contributed by atoms with van der Waals surface area (Å²) in [6.45, 7) is 1.50. The second kappa shape index (κ2) is 6.07. The van der Waals surface area contributed by atoms with Gasteiger partial charge < -0.3 is 5.11 Å². The first kappa shape index (κ1) is 12.4. The average molecular weight is 237 g/mol. The fourth-order valence-corrected chi connectivity index (χ4v) is 1.43. The number of nitrogens with zero attached hydrogens (tertiary/aromatic N) is 1. The molecular weight excluding hydrogens is 226 g/mol. The molecule has 0 amide bonds. The fraction of sp³-hybridized carbons (Fsp3) is 0.182. The van der Waals surface area contributed by atoms with Gasteiger partial charge in [-0.15, -0.1) is 0 Å². The summed E-state index contributed by atoms with van der Waals surface area (Å²) in [5.74, 6) is -0.413. The van der Waals surface area contributed by atoms with Gasteiger partial charge in [-0.05, 0) is 18.2 Å². The van der Waals surface area contributed by atoms with E-state index in [1.807, 2.05) is 0 Å². The molecule has 1 N–H and O–H groups in total. The third-order valence-corrected chi connectivity index (χ3v) is 2.47. The number of carboxylic acid groups (broad SMARTS) is 1. The number of aromatic nitrogens is 1. The number of carbonyl (C=O) groups excluding carboxylic acids is 1. The Morgan fingerprint density at radius 1 is 1.56 bits per heavy atom. The molecule has 0 bridgehead atoms. The Balaban J connectivity index is 2.63. The summed E-state index contributed by atoms with van der Waals surface area (Å²) >= 11 is 1.19. The predicted octanol–water partition coefficient (Wildman–Crippen LogP) is 2.07. The molecule has 0 radical (unpaired) electrons. The lowest BCUT2D eigenvalue weighted by Crippen LogP contribution is -1.96. The number of aromatic carboxylic acids is 1. The molecule has 0 saturated carbocycles. The number of hydrogen-bond donors (Lipinski definition) is 1. The van der Waals surface area contributed by atoms with Crippen LogP contribution in [-0.4, -0.2) is 26.9 Å². The van der Waals surface area contributed by atoms with Crippen molar-refractivity contribution >= 4 is 28.9 Å². The van der Waals surface area contributed by atoms with Crippen LogP contribution in [0.1, 0.15) is 23.0 Å². The molecule has 0 aliphatic carbocycles. The van der Waals surface area contributed by atoms with Crippen molar-refractivity contribution in [3.05, 3.63) is 35.7 Å². The smallest absolute Gasteiger partial charge is 0.335 e. The third-order valence-electron chi connectivity index (χ3n) is 1.70. The minimum absolute atomic E-state index is 0.0527. The Kier molecular flexibility index (Phi) is 4.72. The Morgan fingerprint density at radius 3 is 2.94 bits per heavy atom. The number of rotatable bonds is 4. The van der Waals surface area contributed by atoms with Crippen molar-refractivity contribution in [1.29, 1.82) is 0 Å². The van der Waals surface area contributed by atoms with E-state index in [1.54, 1.807) is 12.2 Å². The number of hydrogen-bond acceptors (Lipinski definition) is 4. The van der Waals surface area contributed by atoms with Gasteiger partial charge >= 0.3 is 5.97 Å². The number of thioether (sulfide) groups is 1. The van der Waals surface area contributed by atoms with Crippen molar-refractivity contribution in [1.82, 2.24) is 4.98 Å². The van der Waals surface area contributed by atoms with Crippen LogP contribution in [0, 0.1) is 0 Å². The first-order chi connectivity index (χ1) is 7.59. The third kappa shape index (κ3) is 4.27. The first-order valence-electron chi connectivity index (χ1n) is 4.59. The van der Waals surface area contributed by atoms with Crippen LogP contribution in [0.25, 0.3) is 6.08 Å². The molecule has 0 aliphatic heterocycles. The van der Waals surface area contributed by atoms with E-state index in [9.17, 15) is 9.59 Å². The molecule has 5 heteroatoms. The van der Waals surface area contributed by atoms with E-state index in [-0.39, 0.29) is 10.7 Å². The molecule has 0 saturated heterocycles. The van der Waals surface area contributed by atoms with Crippen LogP contribution in [0.15, 0.2) is 24.4 Å². The Labute approximate surface area is 97.4 Å². The van der Waals surface area contributed by atoms with Gasteiger partial charge in [0.2, 0.25) is 0 Å². The Bertz CT molecular complexity index is 429. The topological polar surface area (TPSA) is 67.3 Å². The molecule has 1 heterocycles. The van der Waals surface area contributed by atoms with Gasteiger partial charge in [0.25, 0.3) is 0 Å². The molecule has 0 aromatic carbocycles. The maximum Gasteiger partial charge on any atom is 0.335 e. The lowest BCUT2D eigenvalue weighted by atomic mass is 10.2. The molecule has 0 aliphatic rings. The van der Waals surface area contributed by atoms with E-state index in [0.29, 0.717) is 11.4 Å². The van der Waals surface area contributed by atoms with Crippen molar-refractivity contribution in [3.63, 3.8) is 0 Å². The molecule has 1 rings (SSSR count). The summed E-state index contributed by atoms with van der Waals surface area (Å²) in [4.78, 5) is 25.3. The maximum absolute atomic E-state index is 10.7. The summed E-state index contributed by atoms with van der Waals surface area (Å²) in [5, 5.41) is 8.81. The zero-order valence-corrected chi connectivity index (χ0v) is 9.53. The summed E-state index contributed by atoms with van der Waals surface area (Å²) in [5.41, 5.74) is 0.776. The standard InChI is InChI=1S/C11H11NO3S/c1-8(13)16-6-2-3-10-7-9(11(14)15)4-5-12-10/h2-5,7H,6H2,1H3,(H,14,15). The van der Waals surface area contributed by atoms with E-state index in [2.05, 4.69) is 4.98 Å². The zero-order chi connectivity index (χ0) is 12.0. The van der Waals surface area contributed by atoms with E-state index >= 15 is 0 Å². The van der Waals surface area contributed by atoms with Crippen LogP contribution in [0.4, 0.5) is 0 Å². The summed E-state index contributed by atoms with van der Waals surface area (Å²) in [6, 6.07) is 2.92. The van der Waals surface area contributed by atoms with Gasteiger partial charge in [0.1, 0.15) is 0 Å². The molecule has 84 valence electrons. The summed E-state index contributed by atoms with van der Waals surface area (Å²) in [6.07, 6.45) is 4.92. The van der Waals surface area contributed by atoms with Crippen LogP contribution < -0.4 is 0 Å². The van der Waals surface area contributed by atoms with Crippen molar-refractivity contribution in [2.45, 2.75) is 6.92 Å². The van der Waals surface area contributed by atoms with Gasteiger partial charge in [-0.3, -0.25) is 9.78 Å². The molecule has 4 nitrogen and oxygen atoms in total. The Morgan fingerprint density at radius 2 is 2.31 bits per heavy atom. The summed E-state index contributed by atoms with van der Waals surface area (Å²) in [7, 11) is 0. The largest absolute Gasteiger partial charge is 0.478 e. The highest BCUT2D eigenvalue weighted by Crippen LogP contribution is 2.06. The van der Waals surface area contributed by atoms with Gasteiger partial charge in [-0.2, -0.15) is 0 Å². The monoisotopic (exact) mass is 237 g/mol. The van der Waals surface area contributed by atoms with Crippen LogP contribution >= 0.6 is 11.8 Å². The average Bonchev–Trinajstić information content (AvgIpc) is 2.24. The minimum Gasteiger partial charge on any atom is -0.478 e. The highest BCUT2D eigenvalue weighted by atomic mass is 32.2. The van der Waals surface area contributed by atoms with Crippen LogP contribution in [0.2, 0.25) is 0 Å². The molecule has 0 unspecified atom stereocenters. The van der Waals surface area contributed by atoms with E-state index < -0.39 is 5.97 Å². The SMILES string of the molecule is CC(=O)SCC=Cc1cc(C(=O)O)ccn1. The van der Waals surface area contributed by atoms with E-state index in [0.717, 1.165) is 0 Å². The van der Waals surface area contributed by atoms with Crippen molar-refractivity contribution in [2.24, 2.45) is 0 Å². The molecule has 0 spiro atoms. The second-order valence-corrected chi connectivity index (χ2v) is 4.18. The van der Waals surface area contributed by atoms with E-state index in [4.69, 9.17) is 5.11 Å². The first-order valence-corrected chi connectivity index (χ1v) is 5.57. The normalized spacial score (nSPS) is 10.6. The molecular formula is C11H11NO3S. The lowest BCUT2D eigenvalue weighted by Gasteiger charge is -1.95. The molecule has 0 fully saturated rings. The zero-order valence-electron chi connectivity index (χ0n) is 8.71. The summed E-state index contributed by atoms with van der Waals surface area (Å²) < 4.78 is 0. The van der Waals surface area contributed by atoms with Gasteiger partial charge in [-0.1, -0.05) is 17.8 Å². The fourth-order valence-electron chi connectivity index (χ4n) is 1.01. The quantitative estimate of drug-likeness (QED) is 0.868. The van der Waals surface area contributed by atoms with Crippen molar-refractivity contribution < 1.29 is 14.7 Å². The van der Waals surface area contributed by atoms with Crippen molar-refractivity contribution in [2.75, 3.05) is 5.75 Å². The van der Waals surface area contributed by atoms with Crippen LogP contribution in [-0.2, 0) is 4.79 Å². The predicted molar refractivity (Wildman–Crippen MR) is 63.4 cm³/mol. The molecule has 16 heavy (non-hydrogen) atoms. The molecule has 1 aromatic heterocycles. The number of carbonyl (C=O) groups is 2. The van der Waals surface area contributed by atoms with E-state index in [1.165, 1.54) is 37.0 Å². The van der Waals surface area contributed by atoms with Gasteiger partial charge in [0.05, 0.1) is 11.3 Å². The lowest BCUT2D eigenvalue weighted by molar-refractivity contribution is -0.109. The maximum atomic E-state index is 10.7. The second-order valence-electron chi connectivity index (χ2n) is 2.98. The van der Waals surface area contributed by atoms with Crippen LogP contribution in [0.5, 0.6) is 0 Å². The number of carboxylic acids is 1.